The fraction of sp³-hybridized carbons (Fsp3) is 0.385. The lowest BCUT2D eigenvalue weighted by Crippen LogP contribution is -1.99. The number of nitriles is 2. The Balaban J connectivity index is 3.05. The zero-order valence-corrected chi connectivity index (χ0v) is 9.12. The summed E-state index contributed by atoms with van der Waals surface area (Å²) in [6.07, 6.45) is 1.35. The Bertz CT molecular complexity index is 419. The maximum absolute atomic E-state index is 8.77. The van der Waals surface area contributed by atoms with Crippen LogP contribution in [0.2, 0.25) is 0 Å². The molecule has 0 amide bonds. The number of hydrogen-bond donors (Lipinski definition) is 0. The lowest BCUT2D eigenvalue weighted by Gasteiger charge is -2.09. The molecule has 0 spiro atoms. The molecule has 0 unspecified atom stereocenters. The molecule has 76 valence electrons. The van der Waals surface area contributed by atoms with Crippen LogP contribution >= 0.6 is 0 Å². The van der Waals surface area contributed by atoms with E-state index < -0.39 is 0 Å². The molecule has 0 aliphatic rings. The van der Waals surface area contributed by atoms with Crippen LogP contribution in [0.3, 0.4) is 0 Å². The summed E-state index contributed by atoms with van der Waals surface area (Å²) in [5, 5.41) is 17.5. The van der Waals surface area contributed by atoms with Crippen molar-refractivity contribution in [1.82, 2.24) is 0 Å². The molecule has 0 bridgehead atoms. The van der Waals surface area contributed by atoms with Crippen molar-refractivity contribution in [3.05, 3.63) is 34.9 Å². The van der Waals surface area contributed by atoms with Crippen LogP contribution in [0, 0.1) is 28.6 Å². The van der Waals surface area contributed by atoms with Crippen LogP contribution in [0.1, 0.15) is 30.5 Å². The quantitative estimate of drug-likeness (QED) is 0.749. The Labute approximate surface area is 90.8 Å². The minimum absolute atomic E-state index is 0.386. The van der Waals surface area contributed by atoms with Crippen LogP contribution in [0.4, 0.5) is 0 Å². The van der Waals surface area contributed by atoms with Crippen LogP contribution in [0.5, 0.6) is 0 Å². The van der Waals surface area contributed by atoms with Gasteiger partial charge < -0.3 is 0 Å². The SMILES string of the molecule is CC(C)Cc1ccc(C#N)cc1CC#N. The standard InChI is InChI=1S/C13H14N2/c1-10(2)7-12-4-3-11(9-15)8-13(12)5-6-14/h3-4,8,10H,5,7H2,1-2H3. The third-order valence-electron chi connectivity index (χ3n) is 2.23. The van der Waals surface area contributed by atoms with E-state index in [0.717, 1.165) is 12.0 Å². The molecule has 0 N–H and O–H groups in total. The first-order valence-corrected chi connectivity index (χ1v) is 5.06. The van der Waals surface area contributed by atoms with Gasteiger partial charge in [0.05, 0.1) is 24.1 Å². The summed E-state index contributed by atoms with van der Waals surface area (Å²) in [5.74, 6) is 0.565. The molecule has 0 fully saturated rings. The van der Waals surface area contributed by atoms with Gasteiger partial charge in [-0.2, -0.15) is 10.5 Å². The first kappa shape index (κ1) is 11.3. The molecule has 0 atom stereocenters. The van der Waals surface area contributed by atoms with Crippen molar-refractivity contribution in [3.63, 3.8) is 0 Å². The van der Waals surface area contributed by atoms with Gasteiger partial charge in [0.1, 0.15) is 0 Å². The highest BCUT2D eigenvalue weighted by Crippen LogP contribution is 2.16. The van der Waals surface area contributed by atoms with Gasteiger partial charge in [0, 0.05) is 0 Å². The molecule has 0 saturated carbocycles. The van der Waals surface area contributed by atoms with Gasteiger partial charge in [0.25, 0.3) is 0 Å². The number of rotatable bonds is 3. The van der Waals surface area contributed by atoms with Crippen molar-refractivity contribution < 1.29 is 0 Å². The van der Waals surface area contributed by atoms with Crippen LogP contribution in [0.15, 0.2) is 18.2 Å². The van der Waals surface area contributed by atoms with E-state index in [4.69, 9.17) is 10.5 Å². The van der Waals surface area contributed by atoms with Crippen molar-refractivity contribution in [2.75, 3.05) is 0 Å². The van der Waals surface area contributed by atoms with Gasteiger partial charge in [0.15, 0.2) is 0 Å². The van der Waals surface area contributed by atoms with Gasteiger partial charge in [0.2, 0.25) is 0 Å². The van der Waals surface area contributed by atoms with E-state index in [9.17, 15) is 0 Å². The van der Waals surface area contributed by atoms with E-state index in [-0.39, 0.29) is 0 Å². The fourth-order valence-corrected chi connectivity index (χ4v) is 1.58. The summed E-state index contributed by atoms with van der Waals surface area (Å²) in [6.45, 7) is 4.29. The van der Waals surface area contributed by atoms with Crippen molar-refractivity contribution >= 4 is 0 Å². The summed E-state index contributed by atoms with van der Waals surface area (Å²) < 4.78 is 0. The first-order chi connectivity index (χ1) is 7.17. The summed E-state index contributed by atoms with van der Waals surface area (Å²) in [4.78, 5) is 0. The lowest BCUT2D eigenvalue weighted by molar-refractivity contribution is 0.644. The van der Waals surface area contributed by atoms with Crippen molar-refractivity contribution in [2.24, 2.45) is 5.92 Å². The van der Waals surface area contributed by atoms with Crippen molar-refractivity contribution in [2.45, 2.75) is 26.7 Å². The van der Waals surface area contributed by atoms with Gasteiger partial charge in [-0.05, 0) is 35.6 Å². The van der Waals surface area contributed by atoms with Crippen LogP contribution in [0.25, 0.3) is 0 Å². The van der Waals surface area contributed by atoms with E-state index in [2.05, 4.69) is 26.0 Å². The zero-order chi connectivity index (χ0) is 11.3. The molecule has 0 radical (unpaired) electrons. The molecular formula is C13H14N2. The van der Waals surface area contributed by atoms with E-state index in [1.165, 1.54) is 5.56 Å². The van der Waals surface area contributed by atoms with Crippen LogP contribution in [-0.4, -0.2) is 0 Å². The Morgan fingerprint density at radius 1 is 1.20 bits per heavy atom. The smallest absolute Gasteiger partial charge is 0.0991 e. The summed E-state index contributed by atoms with van der Waals surface area (Å²) in [6, 6.07) is 9.84. The van der Waals surface area contributed by atoms with E-state index in [0.29, 0.717) is 17.9 Å². The second-order valence-corrected chi connectivity index (χ2v) is 4.03. The maximum Gasteiger partial charge on any atom is 0.0991 e. The van der Waals surface area contributed by atoms with Gasteiger partial charge >= 0.3 is 0 Å². The molecule has 1 aromatic carbocycles. The second kappa shape index (κ2) is 5.17. The third-order valence-corrected chi connectivity index (χ3v) is 2.23. The normalized spacial score (nSPS) is 9.67. The fourth-order valence-electron chi connectivity index (χ4n) is 1.58. The lowest BCUT2D eigenvalue weighted by atomic mass is 9.95. The highest BCUT2D eigenvalue weighted by molar-refractivity contribution is 5.39. The monoisotopic (exact) mass is 198 g/mol. The van der Waals surface area contributed by atoms with E-state index >= 15 is 0 Å². The molecule has 1 rings (SSSR count). The number of nitrogens with zero attached hydrogens (tertiary/aromatic N) is 2. The molecule has 15 heavy (non-hydrogen) atoms. The predicted molar refractivity (Wildman–Crippen MR) is 59.0 cm³/mol. The van der Waals surface area contributed by atoms with Gasteiger partial charge in [-0.3, -0.25) is 0 Å². The molecular weight excluding hydrogens is 184 g/mol. The highest BCUT2D eigenvalue weighted by Gasteiger charge is 2.05. The third kappa shape index (κ3) is 3.11. The molecule has 2 heteroatoms. The second-order valence-electron chi connectivity index (χ2n) is 4.03. The van der Waals surface area contributed by atoms with Gasteiger partial charge in [-0.1, -0.05) is 19.9 Å². The Hall–Kier alpha value is -1.80. The number of hydrogen-bond acceptors (Lipinski definition) is 2. The zero-order valence-electron chi connectivity index (χ0n) is 9.12. The van der Waals surface area contributed by atoms with Gasteiger partial charge in [-0.15, -0.1) is 0 Å². The topological polar surface area (TPSA) is 47.6 Å². The molecule has 1 aromatic rings. The van der Waals surface area contributed by atoms with Crippen LogP contribution in [-0.2, 0) is 12.8 Å². The molecule has 0 heterocycles. The summed E-state index contributed by atoms with van der Waals surface area (Å²) >= 11 is 0. The average Bonchev–Trinajstić information content (AvgIpc) is 2.20. The average molecular weight is 198 g/mol. The summed E-state index contributed by atoms with van der Waals surface area (Å²) in [5.41, 5.74) is 2.81. The molecule has 2 nitrogen and oxygen atoms in total. The highest BCUT2D eigenvalue weighted by atomic mass is 14.3. The van der Waals surface area contributed by atoms with Gasteiger partial charge in [-0.25, -0.2) is 0 Å². The number of benzene rings is 1. The maximum atomic E-state index is 8.77. The Morgan fingerprint density at radius 3 is 2.47 bits per heavy atom. The molecule has 0 saturated heterocycles. The van der Waals surface area contributed by atoms with Crippen molar-refractivity contribution in [1.29, 1.82) is 10.5 Å². The Morgan fingerprint density at radius 2 is 1.93 bits per heavy atom. The Kier molecular flexibility index (Phi) is 3.89. The summed E-state index contributed by atoms with van der Waals surface area (Å²) in [7, 11) is 0. The predicted octanol–water partition coefficient (Wildman–Crippen LogP) is 2.82. The minimum Gasteiger partial charge on any atom is -0.198 e. The molecule has 0 aromatic heterocycles. The largest absolute Gasteiger partial charge is 0.198 e. The minimum atomic E-state index is 0.386. The van der Waals surface area contributed by atoms with Crippen LogP contribution < -0.4 is 0 Å². The van der Waals surface area contributed by atoms with E-state index in [1.54, 1.807) is 0 Å². The van der Waals surface area contributed by atoms with E-state index in [1.807, 2.05) is 18.2 Å². The van der Waals surface area contributed by atoms with Crippen molar-refractivity contribution in [3.8, 4) is 12.1 Å². The molecule has 0 aliphatic heterocycles. The molecule has 0 aliphatic carbocycles. The first-order valence-electron chi connectivity index (χ1n) is 5.06.